The Morgan fingerprint density at radius 3 is 2.39 bits per heavy atom. The zero-order chi connectivity index (χ0) is 21.8. The van der Waals surface area contributed by atoms with Crippen LogP contribution in [0.1, 0.15) is 5.56 Å². The predicted molar refractivity (Wildman–Crippen MR) is 117 cm³/mol. The second kappa shape index (κ2) is 9.09. The number of fused-ring (bicyclic) bond motifs is 1. The van der Waals surface area contributed by atoms with E-state index in [0.717, 1.165) is 35.5 Å². The molecule has 1 amide bonds. The highest BCUT2D eigenvalue weighted by atomic mass is 32.2. The number of carbonyl (C=O) groups is 1. The highest BCUT2D eigenvalue weighted by Crippen LogP contribution is 2.20. The largest absolute Gasteiger partial charge is 0.325 e. The Morgan fingerprint density at radius 2 is 1.65 bits per heavy atom. The van der Waals surface area contributed by atoms with Gasteiger partial charge < -0.3 is 5.32 Å². The minimum atomic E-state index is -0.782. The van der Waals surface area contributed by atoms with Crippen LogP contribution < -0.4 is 10.9 Å². The van der Waals surface area contributed by atoms with Crippen LogP contribution in [-0.4, -0.2) is 21.2 Å². The topological polar surface area (TPSA) is 64.0 Å². The molecule has 3 aromatic carbocycles. The van der Waals surface area contributed by atoms with Crippen molar-refractivity contribution in [1.29, 1.82) is 0 Å². The van der Waals surface area contributed by atoms with Crippen molar-refractivity contribution in [2.45, 2.75) is 11.7 Å². The van der Waals surface area contributed by atoms with Crippen LogP contribution in [0.3, 0.4) is 0 Å². The van der Waals surface area contributed by atoms with Gasteiger partial charge in [0.2, 0.25) is 5.91 Å². The molecule has 0 aliphatic carbocycles. The third-order valence-corrected chi connectivity index (χ3v) is 5.47. The summed E-state index contributed by atoms with van der Waals surface area (Å²) in [6.45, 7) is 0.302. The molecule has 0 aliphatic heterocycles. The first-order valence-electron chi connectivity index (χ1n) is 9.42. The standard InChI is InChI=1S/C23H17F2N3O2S/c24-16-10-17(25)12-18(11-16)26-21(29)14-31-23-27-20-9-5-4-8-19(20)22(30)28(23)13-15-6-2-1-3-7-15/h1-12H,13-14H2,(H,26,29). The lowest BCUT2D eigenvalue weighted by molar-refractivity contribution is -0.113. The average molecular weight is 437 g/mol. The van der Waals surface area contributed by atoms with E-state index in [-0.39, 0.29) is 17.0 Å². The van der Waals surface area contributed by atoms with Crippen molar-refractivity contribution in [3.05, 3.63) is 100 Å². The molecule has 0 saturated carbocycles. The van der Waals surface area contributed by atoms with E-state index in [9.17, 15) is 18.4 Å². The number of halogens is 2. The van der Waals surface area contributed by atoms with Gasteiger partial charge in [0.15, 0.2) is 5.16 Å². The highest BCUT2D eigenvalue weighted by Gasteiger charge is 2.14. The third-order valence-electron chi connectivity index (χ3n) is 4.49. The van der Waals surface area contributed by atoms with E-state index in [0.29, 0.717) is 22.6 Å². The van der Waals surface area contributed by atoms with Crippen molar-refractivity contribution >= 4 is 34.3 Å². The molecular weight excluding hydrogens is 420 g/mol. The number of nitrogens with zero attached hydrogens (tertiary/aromatic N) is 2. The Balaban J connectivity index is 1.60. The number of para-hydroxylation sites is 1. The maximum absolute atomic E-state index is 13.3. The number of hydrogen-bond acceptors (Lipinski definition) is 4. The van der Waals surface area contributed by atoms with Crippen LogP contribution in [0.4, 0.5) is 14.5 Å². The van der Waals surface area contributed by atoms with Gasteiger partial charge in [0.05, 0.1) is 23.2 Å². The summed E-state index contributed by atoms with van der Waals surface area (Å²) in [4.78, 5) is 30.0. The van der Waals surface area contributed by atoms with E-state index in [4.69, 9.17) is 0 Å². The van der Waals surface area contributed by atoms with Crippen LogP contribution in [0, 0.1) is 11.6 Å². The molecule has 1 aromatic heterocycles. The molecule has 1 N–H and O–H groups in total. The molecule has 0 unspecified atom stereocenters. The molecule has 156 valence electrons. The van der Waals surface area contributed by atoms with Crippen LogP contribution in [0.5, 0.6) is 0 Å². The Labute approximate surface area is 180 Å². The minimum absolute atomic E-state index is 0.0243. The van der Waals surface area contributed by atoms with Gasteiger partial charge in [-0.05, 0) is 29.8 Å². The van der Waals surface area contributed by atoms with Crippen LogP contribution in [0.15, 0.2) is 82.7 Å². The monoisotopic (exact) mass is 437 g/mol. The summed E-state index contributed by atoms with van der Waals surface area (Å²) in [6.07, 6.45) is 0. The lowest BCUT2D eigenvalue weighted by Gasteiger charge is -2.13. The van der Waals surface area contributed by atoms with E-state index >= 15 is 0 Å². The molecule has 0 atom stereocenters. The van der Waals surface area contributed by atoms with Gasteiger partial charge in [-0.3, -0.25) is 14.2 Å². The van der Waals surface area contributed by atoms with Gasteiger partial charge in [0.25, 0.3) is 5.56 Å². The van der Waals surface area contributed by atoms with Crippen LogP contribution in [-0.2, 0) is 11.3 Å². The molecule has 31 heavy (non-hydrogen) atoms. The van der Waals surface area contributed by atoms with E-state index < -0.39 is 17.5 Å². The molecule has 0 fully saturated rings. The Hall–Kier alpha value is -3.52. The van der Waals surface area contributed by atoms with Gasteiger partial charge in [-0.15, -0.1) is 0 Å². The van der Waals surface area contributed by atoms with E-state index in [2.05, 4.69) is 10.3 Å². The van der Waals surface area contributed by atoms with Crippen molar-refractivity contribution in [3.63, 3.8) is 0 Å². The number of thioether (sulfide) groups is 1. The van der Waals surface area contributed by atoms with Gasteiger partial charge in [-0.25, -0.2) is 13.8 Å². The van der Waals surface area contributed by atoms with Crippen LogP contribution >= 0.6 is 11.8 Å². The Morgan fingerprint density at radius 1 is 0.968 bits per heavy atom. The fourth-order valence-electron chi connectivity index (χ4n) is 3.12. The van der Waals surface area contributed by atoms with Crippen molar-refractivity contribution in [2.75, 3.05) is 11.1 Å². The minimum Gasteiger partial charge on any atom is -0.325 e. The molecule has 0 aliphatic rings. The number of benzene rings is 3. The number of amides is 1. The SMILES string of the molecule is O=C(CSc1nc2ccccc2c(=O)n1Cc1ccccc1)Nc1cc(F)cc(F)c1. The number of nitrogens with one attached hydrogen (secondary N) is 1. The van der Waals surface area contributed by atoms with Gasteiger partial charge in [0.1, 0.15) is 11.6 Å². The maximum atomic E-state index is 13.3. The van der Waals surface area contributed by atoms with Gasteiger partial charge in [-0.1, -0.05) is 54.2 Å². The molecule has 0 spiro atoms. The van der Waals surface area contributed by atoms with Gasteiger partial charge in [0, 0.05) is 11.8 Å². The highest BCUT2D eigenvalue weighted by molar-refractivity contribution is 7.99. The number of hydrogen-bond donors (Lipinski definition) is 1. The molecule has 4 rings (SSSR count). The Kier molecular flexibility index (Phi) is 6.08. The lowest BCUT2D eigenvalue weighted by atomic mass is 10.2. The number of anilines is 1. The second-order valence-corrected chi connectivity index (χ2v) is 7.73. The van der Waals surface area contributed by atoms with Gasteiger partial charge >= 0.3 is 0 Å². The zero-order valence-electron chi connectivity index (χ0n) is 16.2. The molecule has 0 radical (unpaired) electrons. The number of carbonyl (C=O) groups excluding carboxylic acids is 1. The number of aromatic nitrogens is 2. The quantitative estimate of drug-likeness (QED) is 0.358. The predicted octanol–water partition coefficient (Wildman–Crippen LogP) is 4.45. The molecule has 5 nitrogen and oxygen atoms in total. The van der Waals surface area contributed by atoms with Crippen LogP contribution in [0.25, 0.3) is 10.9 Å². The molecular formula is C23H17F2N3O2S. The smallest absolute Gasteiger partial charge is 0.262 e. The summed E-state index contributed by atoms with van der Waals surface area (Å²) in [5, 5.41) is 3.33. The zero-order valence-corrected chi connectivity index (χ0v) is 17.0. The fraction of sp³-hybridized carbons (Fsp3) is 0.0870. The summed E-state index contributed by atoms with van der Waals surface area (Å²) in [5.74, 6) is -2.12. The van der Waals surface area contributed by atoms with Crippen LogP contribution in [0.2, 0.25) is 0 Å². The maximum Gasteiger partial charge on any atom is 0.262 e. The van der Waals surface area contributed by atoms with Crippen molar-refractivity contribution in [2.24, 2.45) is 0 Å². The Bertz CT molecular complexity index is 1290. The second-order valence-electron chi connectivity index (χ2n) is 6.78. The van der Waals surface area contributed by atoms with Crippen molar-refractivity contribution in [1.82, 2.24) is 9.55 Å². The molecule has 8 heteroatoms. The lowest BCUT2D eigenvalue weighted by Crippen LogP contribution is -2.24. The summed E-state index contributed by atoms with van der Waals surface area (Å²) < 4.78 is 28.2. The fourth-order valence-corrected chi connectivity index (χ4v) is 3.91. The van der Waals surface area contributed by atoms with Gasteiger partial charge in [-0.2, -0.15) is 0 Å². The molecule has 1 heterocycles. The van der Waals surface area contributed by atoms with E-state index in [1.54, 1.807) is 24.3 Å². The summed E-state index contributed by atoms with van der Waals surface area (Å²) in [5.41, 5.74) is 1.27. The normalized spacial score (nSPS) is 10.9. The van der Waals surface area contributed by atoms with Crippen molar-refractivity contribution < 1.29 is 13.6 Å². The summed E-state index contributed by atoms with van der Waals surface area (Å²) in [7, 11) is 0. The van der Waals surface area contributed by atoms with E-state index in [1.807, 2.05) is 30.3 Å². The first kappa shape index (κ1) is 20.7. The van der Waals surface area contributed by atoms with E-state index in [1.165, 1.54) is 4.57 Å². The molecule has 4 aromatic rings. The third kappa shape index (κ3) is 4.97. The molecule has 0 saturated heterocycles. The average Bonchev–Trinajstić information content (AvgIpc) is 2.74. The summed E-state index contributed by atoms with van der Waals surface area (Å²) in [6, 6.07) is 19.3. The summed E-state index contributed by atoms with van der Waals surface area (Å²) >= 11 is 1.08. The number of rotatable bonds is 6. The molecule has 0 bridgehead atoms. The van der Waals surface area contributed by atoms with Crippen molar-refractivity contribution in [3.8, 4) is 0 Å². The first-order valence-corrected chi connectivity index (χ1v) is 10.4. The first-order chi connectivity index (χ1) is 15.0.